The Morgan fingerprint density at radius 2 is 1.88 bits per heavy atom. The van der Waals surface area contributed by atoms with Crippen LogP contribution in [-0.2, 0) is 4.74 Å². The molecule has 17 heavy (non-hydrogen) atoms. The molecule has 0 amide bonds. The Kier molecular flexibility index (Phi) is 3.52. The van der Waals surface area contributed by atoms with E-state index in [2.05, 4.69) is 43.4 Å². The van der Waals surface area contributed by atoms with E-state index in [1.165, 1.54) is 10.4 Å². The monoisotopic (exact) mass is 248 g/mol. The highest BCUT2D eigenvalue weighted by atomic mass is 28.3. The summed E-state index contributed by atoms with van der Waals surface area (Å²) >= 11 is 0. The van der Waals surface area contributed by atoms with Crippen molar-refractivity contribution in [3.05, 3.63) is 41.6 Å². The Morgan fingerprint density at radius 1 is 1.24 bits per heavy atom. The van der Waals surface area contributed by atoms with Crippen molar-refractivity contribution in [3.63, 3.8) is 0 Å². The normalized spacial score (nSPS) is 25.5. The molecule has 1 heterocycles. The predicted molar refractivity (Wildman–Crippen MR) is 72.8 cm³/mol. The highest BCUT2D eigenvalue weighted by Gasteiger charge is 2.32. The van der Waals surface area contributed by atoms with Crippen LogP contribution < -0.4 is 5.19 Å². The number of hydrogen-bond acceptors (Lipinski definition) is 2. The lowest BCUT2D eigenvalue weighted by Crippen LogP contribution is -2.46. The molecule has 2 atom stereocenters. The molecule has 2 rings (SSSR count). The molecular formula is C14H20O2Si. The molecule has 1 aromatic carbocycles. The Labute approximate surface area is 104 Å². The average Bonchev–Trinajstić information content (AvgIpc) is 2.29. The first-order chi connectivity index (χ1) is 8.00. The number of hydrogen-bond donors (Lipinski definition) is 1. The zero-order chi connectivity index (χ0) is 12.5. The maximum atomic E-state index is 9.72. The smallest absolute Gasteiger partial charge is 0.158 e. The Balaban J connectivity index is 2.32. The molecule has 92 valence electrons. The van der Waals surface area contributed by atoms with E-state index >= 15 is 0 Å². The average molecular weight is 248 g/mol. The Hall–Kier alpha value is -0.903. The van der Waals surface area contributed by atoms with Crippen molar-refractivity contribution in [2.75, 3.05) is 0 Å². The van der Waals surface area contributed by atoms with Gasteiger partial charge in [0, 0.05) is 6.42 Å². The fraction of sp³-hybridized carbons (Fsp3) is 0.429. The lowest BCUT2D eigenvalue weighted by atomic mass is 10.2. The molecule has 0 aliphatic carbocycles. The largest absolute Gasteiger partial charge is 0.368 e. The number of benzene rings is 1. The summed E-state index contributed by atoms with van der Waals surface area (Å²) in [5, 5.41) is 12.5. The summed E-state index contributed by atoms with van der Waals surface area (Å²) in [7, 11) is -1.64. The van der Waals surface area contributed by atoms with E-state index in [9.17, 15) is 5.11 Å². The van der Waals surface area contributed by atoms with E-state index in [0.29, 0.717) is 6.42 Å². The molecule has 0 unspecified atom stereocenters. The van der Waals surface area contributed by atoms with Crippen LogP contribution >= 0.6 is 0 Å². The lowest BCUT2D eigenvalue weighted by Gasteiger charge is -2.33. The third-order valence-electron chi connectivity index (χ3n) is 3.50. The fourth-order valence-electron chi connectivity index (χ4n) is 2.38. The second-order valence-electron chi connectivity index (χ2n) is 5.18. The molecule has 0 radical (unpaired) electrons. The lowest BCUT2D eigenvalue weighted by molar-refractivity contribution is -0.121. The predicted octanol–water partition coefficient (Wildman–Crippen LogP) is 2.19. The van der Waals surface area contributed by atoms with Gasteiger partial charge < -0.3 is 9.84 Å². The van der Waals surface area contributed by atoms with Crippen LogP contribution in [0.15, 0.2) is 41.6 Å². The van der Waals surface area contributed by atoms with E-state index in [4.69, 9.17) is 4.74 Å². The summed E-state index contributed by atoms with van der Waals surface area (Å²) in [6.07, 6.45) is 2.22. The highest BCUT2D eigenvalue weighted by molar-refractivity contribution is 6.95. The second kappa shape index (κ2) is 4.76. The molecule has 0 bridgehead atoms. The zero-order valence-electron chi connectivity index (χ0n) is 10.7. The molecule has 2 nitrogen and oxygen atoms in total. The van der Waals surface area contributed by atoms with Crippen LogP contribution in [0.2, 0.25) is 13.1 Å². The summed E-state index contributed by atoms with van der Waals surface area (Å²) in [5.74, 6) is 0. The first kappa shape index (κ1) is 12.6. The quantitative estimate of drug-likeness (QED) is 0.813. The van der Waals surface area contributed by atoms with E-state index in [0.717, 1.165) is 0 Å². The fourth-order valence-corrected chi connectivity index (χ4v) is 5.11. The SMILES string of the molecule is C[C@@H]1C=C([Si](C)(C)c2ccccc2)C[C@@H](O)O1. The topological polar surface area (TPSA) is 29.5 Å². The van der Waals surface area contributed by atoms with Crippen molar-refractivity contribution >= 4 is 13.3 Å². The summed E-state index contributed by atoms with van der Waals surface area (Å²) in [6, 6.07) is 10.6. The zero-order valence-corrected chi connectivity index (χ0v) is 11.7. The van der Waals surface area contributed by atoms with Gasteiger partial charge in [0.1, 0.15) is 8.07 Å². The van der Waals surface area contributed by atoms with Crippen LogP contribution in [-0.4, -0.2) is 25.6 Å². The van der Waals surface area contributed by atoms with Crippen molar-refractivity contribution in [1.82, 2.24) is 0 Å². The van der Waals surface area contributed by atoms with Crippen molar-refractivity contribution in [3.8, 4) is 0 Å². The first-order valence-corrected chi connectivity index (χ1v) is 9.10. The van der Waals surface area contributed by atoms with Gasteiger partial charge in [-0.2, -0.15) is 0 Å². The van der Waals surface area contributed by atoms with E-state index < -0.39 is 14.4 Å². The van der Waals surface area contributed by atoms with Gasteiger partial charge in [-0.3, -0.25) is 0 Å². The van der Waals surface area contributed by atoms with Gasteiger partial charge in [0.25, 0.3) is 0 Å². The van der Waals surface area contributed by atoms with Crippen LogP contribution in [0, 0.1) is 0 Å². The van der Waals surface area contributed by atoms with Crippen molar-refractivity contribution in [2.24, 2.45) is 0 Å². The van der Waals surface area contributed by atoms with Crippen LogP contribution in [0.1, 0.15) is 13.3 Å². The molecule has 1 N–H and O–H groups in total. The van der Waals surface area contributed by atoms with Crippen molar-refractivity contribution in [2.45, 2.75) is 38.8 Å². The highest BCUT2D eigenvalue weighted by Crippen LogP contribution is 2.26. The molecular weight excluding hydrogens is 228 g/mol. The van der Waals surface area contributed by atoms with Gasteiger partial charge in [0.2, 0.25) is 0 Å². The maximum Gasteiger partial charge on any atom is 0.158 e. The van der Waals surface area contributed by atoms with Crippen LogP contribution in [0.5, 0.6) is 0 Å². The van der Waals surface area contributed by atoms with Crippen LogP contribution in [0.25, 0.3) is 0 Å². The number of rotatable bonds is 2. The molecule has 1 aliphatic rings. The standard InChI is InChI=1S/C14H20O2Si/c1-11-9-13(10-14(15)16-11)17(2,3)12-7-5-4-6-8-12/h4-9,11,14-15H,10H2,1-3H3/t11-,14+/m1/s1. The van der Waals surface area contributed by atoms with Crippen LogP contribution in [0.4, 0.5) is 0 Å². The summed E-state index contributed by atoms with van der Waals surface area (Å²) in [5.41, 5.74) is 0. The minimum Gasteiger partial charge on any atom is -0.368 e. The van der Waals surface area contributed by atoms with Crippen molar-refractivity contribution in [1.29, 1.82) is 0 Å². The Bertz CT molecular complexity index is 411. The van der Waals surface area contributed by atoms with Crippen molar-refractivity contribution < 1.29 is 9.84 Å². The van der Waals surface area contributed by atoms with Gasteiger partial charge in [0.15, 0.2) is 6.29 Å². The van der Waals surface area contributed by atoms with Gasteiger partial charge in [-0.15, -0.1) is 0 Å². The molecule has 1 aliphatic heterocycles. The molecule has 0 spiro atoms. The first-order valence-electron chi connectivity index (χ1n) is 6.10. The minimum atomic E-state index is -1.64. The molecule has 1 aromatic rings. The third kappa shape index (κ3) is 2.68. The van der Waals surface area contributed by atoms with E-state index in [1.807, 2.05) is 13.0 Å². The molecule has 3 heteroatoms. The summed E-state index contributed by atoms with van der Waals surface area (Å²) in [4.78, 5) is 0. The van der Waals surface area contributed by atoms with Gasteiger partial charge in [0.05, 0.1) is 6.10 Å². The maximum absolute atomic E-state index is 9.72. The van der Waals surface area contributed by atoms with E-state index in [-0.39, 0.29) is 6.10 Å². The van der Waals surface area contributed by atoms with E-state index in [1.54, 1.807) is 0 Å². The second-order valence-corrected chi connectivity index (χ2v) is 9.65. The molecule has 0 saturated heterocycles. The van der Waals surface area contributed by atoms with Gasteiger partial charge in [-0.05, 0) is 6.92 Å². The minimum absolute atomic E-state index is 0.0178. The number of aliphatic hydroxyl groups is 1. The van der Waals surface area contributed by atoms with Gasteiger partial charge >= 0.3 is 0 Å². The Morgan fingerprint density at radius 3 is 2.47 bits per heavy atom. The molecule has 0 aromatic heterocycles. The van der Waals surface area contributed by atoms with Gasteiger partial charge in [-0.25, -0.2) is 0 Å². The summed E-state index contributed by atoms with van der Waals surface area (Å²) < 4.78 is 5.35. The molecule has 0 saturated carbocycles. The number of ether oxygens (including phenoxy) is 1. The summed E-state index contributed by atoms with van der Waals surface area (Å²) in [6.45, 7) is 6.65. The molecule has 0 fully saturated rings. The number of aliphatic hydroxyl groups excluding tert-OH is 1. The van der Waals surface area contributed by atoms with Crippen LogP contribution in [0.3, 0.4) is 0 Å². The third-order valence-corrected chi connectivity index (χ3v) is 7.25. The van der Waals surface area contributed by atoms with Gasteiger partial charge in [-0.1, -0.05) is 59.9 Å².